The number of rotatable bonds is 3. The van der Waals surface area contributed by atoms with Crippen molar-refractivity contribution in [3.8, 4) is 11.4 Å². The molecule has 2 aliphatic heterocycles. The second-order valence-electron chi connectivity index (χ2n) is 8.36. The average molecular weight is 545 g/mol. The third-order valence-electron chi connectivity index (χ3n) is 5.96. The minimum absolute atomic E-state index is 0.183. The molecule has 2 aliphatic rings. The van der Waals surface area contributed by atoms with E-state index in [0.29, 0.717) is 23.5 Å². The van der Waals surface area contributed by atoms with Crippen LogP contribution in [0.5, 0.6) is 0 Å². The molecular weight excluding hydrogens is 525 g/mol. The number of fused-ring (bicyclic) bond motifs is 5. The van der Waals surface area contributed by atoms with Gasteiger partial charge in [-0.15, -0.1) is 0 Å². The molecule has 0 radical (unpaired) electrons. The summed E-state index contributed by atoms with van der Waals surface area (Å²) in [7, 11) is 0. The number of ether oxygens (including phenoxy) is 2. The SMILES string of the molecule is CC(C)[C@@H](N)C(=O)O[C@]1(I)C(=O)OCc2c1cc1n(c2=O)Cc2cc3ccccc3nc2-1. The number of halogens is 1. The van der Waals surface area contributed by atoms with Gasteiger partial charge in [-0.05, 0) is 46.7 Å². The first-order chi connectivity index (χ1) is 15.2. The number of esters is 2. The fraction of sp³-hybridized carbons (Fsp3) is 0.304. The maximum Gasteiger partial charge on any atom is 0.366 e. The number of carbonyl (C=O) groups excluding carboxylic acids is 2. The number of para-hydroxylation sites is 1. The van der Waals surface area contributed by atoms with E-state index < -0.39 is 21.6 Å². The second kappa shape index (κ2) is 7.38. The monoisotopic (exact) mass is 545 g/mol. The first-order valence-electron chi connectivity index (χ1n) is 10.2. The normalized spacial score (nSPS) is 19.8. The van der Waals surface area contributed by atoms with Crippen LogP contribution in [0.2, 0.25) is 0 Å². The molecule has 0 fully saturated rings. The summed E-state index contributed by atoms with van der Waals surface area (Å²) in [5, 5.41) is 0.982. The van der Waals surface area contributed by atoms with Gasteiger partial charge in [0.05, 0.1) is 29.0 Å². The molecule has 3 aromatic rings. The number of alkyl halides is 1. The lowest BCUT2D eigenvalue weighted by molar-refractivity contribution is -0.175. The van der Waals surface area contributed by atoms with Crippen LogP contribution in [-0.4, -0.2) is 27.5 Å². The van der Waals surface area contributed by atoms with Gasteiger partial charge in [-0.25, -0.2) is 9.78 Å². The summed E-state index contributed by atoms with van der Waals surface area (Å²) < 4.78 is 10.7. The minimum Gasteiger partial charge on any atom is -0.457 e. The zero-order valence-corrected chi connectivity index (χ0v) is 19.6. The standard InChI is InChI=1S/C23H20IN3O5/c1-11(2)18(25)21(29)32-23(24)15-8-17-19-13(7-12-5-3-4-6-16(12)26-19)9-27(17)20(28)14(15)10-31-22(23)30/h3-8,11,18H,9-10,25H2,1-2H3/t18-,23+/m1/s1. The van der Waals surface area contributed by atoms with E-state index in [1.807, 2.05) is 30.3 Å². The highest BCUT2D eigenvalue weighted by molar-refractivity contribution is 14.1. The number of aromatic nitrogens is 2. The fourth-order valence-corrected chi connectivity index (χ4v) is 4.91. The lowest BCUT2D eigenvalue weighted by Gasteiger charge is -2.33. The van der Waals surface area contributed by atoms with Gasteiger partial charge in [-0.2, -0.15) is 0 Å². The summed E-state index contributed by atoms with van der Waals surface area (Å²) >= 11 is 1.73. The first kappa shape index (κ1) is 21.1. The quantitative estimate of drug-likeness (QED) is 0.239. The molecule has 0 spiro atoms. The molecule has 4 heterocycles. The third-order valence-corrected chi connectivity index (χ3v) is 7.20. The Balaban J connectivity index is 1.68. The third kappa shape index (κ3) is 3.06. The van der Waals surface area contributed by atoms with Crippen molar-refractivity contribution in [1.82, 2.24) is 9.55 Å². The van der Waals surface area contributed by atoms with Gasteiger partial charge < -0.3 is 19.8 Å². The summed E-state index contributed by atoms with van der Waals surface area (Å²) in [5.74, 6) is -1.66. The van der Waals surface area contributed by atoms with Crippen LogP contribution in [0.15, 0.2) is 41.2 Å². The van der Waals surface area contributed by atoms with Gasteiger partial charge in [0.2, 0.25) is 0 Å². The summed E-state index contributed by atoms with van der Waals surface area (Å²) in [6.45, 7) is 3.75. The van der Waals surface area contributed by atoms with Crippen LogP contribution < -0.4 is 11.3 Å². The van der Waals surface area contributed by atoms with Gasteiger partial charge in [0.15, 0.2) is 0 Å². The average Bonchev–Trinajstić information content (AvgIpc) is 3.12. The Kier molecular flexibility index (Phi) is 4.86. The van der Waals surface area contributed by atoms with Crippen molar-refractivity contribution in [3.05, 3.63) is 63.4 Å². The Bertz CT molecular complexity index is 1370. The van der Waals surface area contributed by atoms with Crippen LogP contribution in [0.25, 0.3) is 22.3 Å². The zero-order chi connectivity index (χ0) is 22.8. The van der Waals surface area contributed by atoms with Crippen molar-refractivity contribution in [3.63, 3.8) is 0 Å². The fourth-order valence-electron chi connectivity index (χ4n) is 4.06. The van der Waals surface area contributed by atoms with Crippen molar-refractivity contribution in [2.45, 2.75) is 36.6 Å². The smallest absolute Gasteiger partial charge is 0.366 e. The number of cyclic esters (lactones) is 1. The topological polar surface area (TPSA) is 114 Å². The Morgan fingerprint density at radius 1 is 1.28 bits per heavy atom. The van der Waals surface area contributed by atoms with Crippen molar-refractivity contribution in [2.75, 3.05) is 0 Å². The highest BCUT2D eigenvalue weighted by atomic mass is 127. The predicted octanol–water partition coefficient (Wildman–Crippen LogP) is 2.60. The molecule has 9 heteroatoms. The van der Waals surface area contributed by atoms with Gasteiger partial charge in [0.25, 0.3) is 9.17 Å². The molecule has 2 aromatic heterocycles. The van der Waals surface area contributed by atoms with E-state index in [0.717, 1.165) is 16.5 Å². The first-order valence-corrected chi connectivity index (χ1v) is 11.3. The van der Waals surface area contributed by atoms with Gasteiger partial charge in [-0.1, -0.05) is 32.0 Å². The van der Waals surface area contributed by atoms with E-state index in [1.54, 1.807) is 47.1 Å². The van der Waals surface area contributed by atoms with Crippen LogP contribution >= 0.6 is 22.6 Å². The van der Waals surface area contributed by atoms with Crippen LogP contribution in [0.1, 0.15) is 30.5 Å². The second-order valence-corrected chi connectivity index (χ2v) is 9.88. The van der Waals surface area contributed by atoms with Crippen LogP contribution in [0.4, 0.5) is 0 Å². The van der Waals surface area contributed by atoms with Crippen LogP contribution in [0, 0.1) is 5.92 Å². The number of nitrogens with zero attached hydrogens (tertiary/aromatic N) is 2. The summed E-state index contributed by atoms with van der Waals surface area (Å²) in [6.07, 6.45) is 0. The molecule has 2 atom stereocenters. The zero-order valence-electron chi connectivity index (χ0n) is 17.4. The molecule has 32 heavy (non-hydrogen) atoms. The minimum atomic E-state index is -1.80. The highest BCUT2D eigenvalue weighted by Crippen LogP contribution is 2.43. The van der Waals surface area contributed by atoms with Gasteiger partial charge in [-0.3, -0.25) is 9.59 Å². The van der Waals surface area contributed by atoms with E-state index in [9.17, 15) is 14.4 Å². The van der Waals surface area contributed by atoms with E-state index in [4.69, 9.17) is 20.2 Å². The number of benzene rings is 1. The van der Waals surface area contributed by atoms with Crippen LogP contribution in [-0.2, 0) is 35.8 Å². The molecule has 1 aromatic carbocycles. The van der Waals surface area contributed by atoms with Gasteiger partial charge >= 0.3 is 11.9 Å². The number of pyridine rings is 2. The summed E-state index contributed by atoms with van der Waals surface area (Å²) in [5.41, 5.74) is 9.19. The maximum absolute atomic E-state index is 13.4. The molecule has 5 rings (SSSR count). The Morgan fingerprint density at radius 3 is 2.78 bits per heavy atom. The molecule has 0 amide bonds. The largest absolute Gasteiger partial charge is 0.457 e. The lowest BCUT2D eigenvalue weighted by Crippen LogP contribution is -2.47. The van der Waals surface area contributed by atoms with Gasteiger partial charge in [0.1, 0.15) is 12.6 Å². The van der Waals surface area contributed by atoms with Crippen molar-refractivity contribution < 1.29 is 19.1 Å². The van der Waals surface area contributed by atoms with Crippen molar-refractivity contribution >= 4 is 45.4 Å². The van der Waals surface area contributed by atoms with E-state index in [-0.39, 0.29) is 23.6 Å². The Labute approximate surface area is 196 Å². The number of hydrogen-bond donors (Lipinski definition) is 1. The Hall–Kier alpha value is -2.79. The predicted molar refractivity (Wildman–Crippen MR) is 125 cm³/mol. The molecule has 0 unspecified atom stereocenters. The summed E-state index contributed by atoms with van der Waals surface area (Å²) in [4.78, 5) is 43.5. The van der Waals surface area contributed by atoms with Crippen LogP contribution in [0.3, 0.4) is 0 Å². The summed E-state index contributed by atoms with van der Waals surface area (Å²) in [6, 6.07) is 10.5. The van der Waals surface area contributed by atoms with Crippen molar-refractivity contribution in [2.24, 2.45) is 11.7 Å². The number of carbonyl (C=O) groups is 2. The molecule has 8 nitrogen and oxygen atoms in total. The number of nitrogens with two attached hydrogens (primary N) is 1. The van der Waals surface area contributed by atoms with E-state index in [1.165, 1.54) is 0 Å². The molecule has 0 saturated carbocycles. The molecule has 0 aliphatic carbocycles. The van der Waals surface area contributed by atoms with Gasteiger partial charge in [0, 0.05) is 16.5 Å². The highest BCUT2D eigenvalue weighted by Gasteiger charge is 2.50. The molecular formula is C23H20IN3O5. The maximum atomic E-state index is 13.4. The molecule has 0 bridgehead atoms. The van der Waals surface area contributed by atoms with E-state index >= 15 is 0 Å². The Morgan fingerprint density at radius 2 is 2.03 bits per heavy atom. The number of hydrogen-bond acceptors (Lipinski definition) is 7. The molecule has 164 valence electrons. The van der Waals surface area contributed by atoms with E-state index in [2.05, 4.69) is 0 Å². The molecule has 0 saturated heterocycles. The lowest BCUT2D eigenvalue weighted by atomic mass is 9.99. The van der Waals surface area contributed by atoms with Crippen molar-refractivity contribution in [1.29, 1.82) is 0 Å². The molecule has 2 N–H and O–H groups in total.